The summed E-state index contributed by atoms with van der Waals surface area (Å²) in [7, 11) is 0. The van der Waals surface area contributed by atoms with Crippen LogP contribution < -0.4 is 0 Å². The monoisotopic (exact) mass is 330 g/mol. The minimum atomic E-state index is 0.365. The Hall–Kier alpha value is -3.30. The molecule has 0 saturated carbocycles. The van der Waals surface area contributed by atoms with Crippen molar-refractivity contribution in [1.29, 1.82) is 5.26 Å². The van der Waals surface area contributed by atoms with Crippen molar-refractivity contribution in [3.63, 3.8) is 0 Å². The molecule has 4 rings (SSSR count). The molecular formula is C18H10N4OS. The first kappa shape index (κ1) is 14.3. The minimum absolute atomic E-state index is 0.365. The zero-order valence-electron chi connectivity index (χ0n) is 12.4. The molecule has 114 valence electrons. The molecule has 4 aromatic rings. The summed E-state index contributed by atoms with van der Waals surface area (Å²) >= 11 is 1.61. The van der Waals surface area contributed by atoms with Gasteiger partial charge in [-0.3, -0.25) is 4.98 Å². The van der Waals surface area contributed by atoms with E-state index in [0.717, 1.165) is 11.1 Å². The van der Waals surface area contributed by atoms with Gasteiger partial charge in [0.15, 0.2) is 0 Å². The van der Waals surface area contributed by atoms with Gasteiger partial charge in [-0.25, -0.2) is 0 Å². The lowest BCUT2D eigenvalue weighted by Crippen LogP contribution is -1.86. The van der Waals surface area contributed by atoms with E-state index in [9.17, 15) is 5.26 Å². The van der Waals surface area contributed by atoms with Gasteiger partial charge in [0.2, 0.25) is 5.82 Å². The van der Waals surface area contributed by atoms with Crippen LogP contribution in [0.3, 0.4) is 0 Å². The van der Waals surface area contributed by atoms with Crippen LogP contribution in [-0.2, 0) is 0 Å². The van der Waals surface area contributed by atoms with Crippen molar-refractivity contribution < 1.29 is 4.52 Å². The average Bonchev–Trinajstić information content (AvgIpc) is 3.34. The Morgan fingerprint density at radius 3 is 2.71 bits per heavy atom. The van der Waals surface area contributed by atoms with E-state index < -0.39 is 0 Å². The molecule has 0 saturated heterocycles. The van der Waals surface area contributed by atoms with Gasteiger partial charge in [-0.1, -0.05) is 11.2 Å². The summed E-state index contributed by atoms with van der Waals surface area (Å²) in [5, 5.41) is 17.3. The molecule has 1 aromatic carbocycles. The summed E-state index contributed by atoms with van der Waals surface area (Å²) in [6.45, 7) is 0. The number of thiophene rings is 1. The second kappa shape index (κ2) is 6.07. The third kappa shape index (κ3) is 2.69. The highest BCUT2D eigenvalue weighted by Crippen LogP contribution is 2.29. The first-order chi connectivity index (χ1) is 11.8. The van der Waals surface area contributed by atoms with Crippen molar-refractivity contribution in [3.8, 4) is 40.2 Å². The van der Waals surface area contributed by atoms with Gasteiger partial charge < -0.3 is 4.52 Å². The van der Waals surface area contributed by atoms with Gasteiger partial charge in [-0.2, -0.15) is 21.6 Å². The predicted octanol–water partition coefficient (Wildman–Crippen LogP) is 4.40. The Kier molecular flexibility index (Phi) is 3.61. The number of nitrogens with zero attached hydrogens (tertiary/aromatic N) is 4. The lowest BCUT2D eigenvalue weighted by atomic mass is 10.0. The topological polar surface area (TPSA) is 75.6 Å². The normalized spacial score (nSPS) is 10.5. The zero-order valence-corrected chi connectivity index (χ0v) is 13.2. The van der Waals surface area contributed by atoms with E-state index in [4.69, 9.17) is 4.52 Å². The van der Waals surface area contributed by atoms with E-state index in [-0.39, 0.29) is 0 Å². The minimum Gasteiger partial charge on any atom is -0.334 e. The molecule has 3 heterocycles. The molecular weight excluding hydrogens is 320 g/mol. The van der Waals surface area contributed by atoms with Gasteiger partial charge in [-0.05, 0) is 58.3 Å². The summed E-state index contributed by atoms with van der Waals surface area (Å²) in [4.78, 5) is 8.61. The molecule has 0 atom stereocenters. The summed E-state index contributed by atoms with van der Waals surface area (Å²) in [6, 6.07) is 15.2. The van der Waals surface area contributed by atoms with Crippen molar-refractivity contribution in [2.24, 2.45) is 0 Å². The molecule has 0 fully saturated rings. The van der Waals surface area contributed by atoms with Crippen LogP contribution in [0.1, 0.15) is 5.56 Å². The third-order valence-corrected chi connectivity index (χ3v) is 4.17. The maximum Gasteiger partial charge on any atom is 0.258 e. The fraction of sp³-hybridized carbons (Fsp3) is 0. The molecule has 24 heavy (non-hydrogen) atoms. The first-order valence-corrected chi connectivity index (χ1v) is 8.11. The van der Waals surface area contributed by atoms with Crippen LogP contribution in [0.5, 0.6) is 0 Å². The number of pyridine rings is 1. The smallest absolute Gasteiger partial charge is 0.258 e. The first-order valence-electron chi connectivity index (χ1n) is 7.17. The molecule has 0 aliphatic heterocycles. The van der Waals surface area contributed by atoms with Crippen LogP contribution in [0.25, 0.3) is 34.1 Å². The van der Waals surface area contributed by atoms with Crippen molar-refractivity contribution in [2.75, 3.05) is 0 Å². The summed E-state index contributed by atoms with van der Waals surface area (Å²) in [5.74, 6) is 0.786. The van der Waals surface area contributed by atoms with Crippen molar-refractivity contribution in [2.45, 2.75) is 0 Å². The maximum absolute atomic E-state index is 9.29. The van der Waals surface area contributed by atoms with Gasteiger partial charge in [0.25, 0.3) is 5.89 Å². The standard InChI is InChI=1S/C18H10N4OS/c19-10-12-7-14(13-4-6-24-11-13)9-15(8-12)18-21-17(22-23-18)16-3-1-2-5-20-16/h1-9,11H. The fourth-order valence-corrected chi connectivity index (χ4v) is 3.02. The van der Waals surface area contributed by atoms with Gasteiger partial charge in [0.1, 0.15) is 5.69 Å². The van der Waals surface area contributed by atoms with Crippen molar-refractivity contribution in [1.82, 2.24) is 15.1 Å². The molecule has 0 aliphatic carbocycles. The van der Waals surface area contributed by atoms with Crippen LogP contribution in [0.2, 0.25) is 0 Å². The van der Waals surface area contributed by atoms with E-state index in [1.54, 1.807) is 23.6 Å². The van der Waals surface area contributed by atoms with Gasteiger partial charge in [0, 0.05) is 11.8 Å². The highest BCUT2D eigenvalue weighted by atomic mass is 32.1. The van der Waals surface area contributed by atoms with Crippen LogP contribution >= 0.6 is 11.3 Å². The zero-order chi connectivity index (χ0) is 16.4. The van der Waals surface area contributed by atoms with Crippen molar-refractivity contribution >= 4 is 11.3 Å². The Bertz CT molecular complexity index is 1020. The van der Waals surface area contributed by atoms with Gasteiger partial charge in [-0.15, -0.1) is 0 Å². The lowest BCUT2D eigenvalue weighted by molar-refractivity contribution is 0.432. The maximum atomic E-state index is 9.29. The summed E-state index contributed by atoms with van der Waals surface area (Å²) in [6.07, 6.45) is 1.68. The van der Waals surface area contributed by atoms with Crippen LogP contribution in [0, 0.1) is 11.3 Å². The second-order valence-electron chi connectivity index (χ2n) is 5.06. The quantitative estimate of drug-likeness (QED) is 0.556. The average molecular weight is 330 g/mol. The number of hydrogen-bond acceptors (Lipinski definition) is 6. The number of rotatable bonds is 3. The fourth-order valence-electron chi connectivity index (χ4n) is 2.35. The summed E-state index contributed by atoms with van der Waals surface area (Å²) in [5.41, 5.74) is 3.91. The Labute approximate surface area is 141 Å². The molecule has 0 radical (unpaired) electrons. The van der Waals surface area contributed by atoms with Crippen molar-refractivity contribution in [3.05, 3.63) is 65.0 Å². The largest absolute Gasteiger partial charge is 0.334 e. The Morgan fingerprint density at radius 1 is 1.04 bits per heavy atom. The molecule has 0 N–H and O–H groups in total. The van der Waals surface area contributed by atoms with E-state index in [1.807, 2.05) is 47.2 Å². The highest BCUT2D eigenvalue weighted by Gasteiger charge is 2.13. The molecule has 0 aliphatic rings. The molecule has 6 heteroatoms. The molecule has 0 unspecified atom stereocenters. The third-order valence-electron chi connectivity index (χ3n) is 3.48. The number of benzene rings is 1. The molecule has 5 nitrogen and oxygen atoms in total. The van der Waals surface area contributed by atoms with E-state index in [1.165, 1.54) is 0 Å². The molecule has 0 amide bonds. The highest BCUT2D eigenvalue weighted by molar-refractivity contribution is 7.08. The molecule has 0 bridgehead atoms. The van der Waals surface area contributed by atoms with Crippen LogP contribution in [-0.4, -0.2) is 15.1 Å². The number of aromatic nitrogens is 3. The second-order valence-corrected chi connectivity index (χ2v) is 5.84. The Morgan fingerprint density at radius 2 is 1.96 bits per heavy atom. The number of nitriles is 1. The molecule has 3 aromatic heterocycles. The number of hydrogen-bond donors (Lipinski definition) is 0. The Balaban J connectivity index is 1.78. The van der Waals surface area contributed by atoms with Gasteiger partial charge >= 0.3 is 0 Å². The van der Waals surface area contributed by atoms with E-state index >= 15 is 0 Å². The van der Waals surface area contributed by atoms with Crippen LogP contribution in [0.15, 0.2) is 63.9 Å². The van der Waals surface area contributed by atoms with E-state index in [0.29, 0.717) is 28.5 Å². The predicted molar refractivity (Wildman–Crippen MR) is 91.0 cm³/mol. The molecule has 0 spiro atoms. The van der Waals surface area contributed by atoms with Gasteiger partial charge in [0.05, 0.1) is 11.6 Å². The lowest BCUT2D eigenvalue weighted by Gasteiger charge is -2.02. The summed E-state index contributed by atoms with van der Waals surface area (Å²) < 4.78 is 5.37. The SMILES string of the molecule is N#Cc1cc(-c2ccsc2)cc(-c2nc(-c3ccccn3)no2)c1. The van der Waals surface area contributed by atoms with Crippen LogP contribution in [0.4, 0.5) is 0 Å². The van der Waals surface area contributed by atoms with E-state index in [2.05, 4.69) is 21.2 Å².